The molecule has 2 amide bonds. The van der Waals surface area contributed by atoms with Gasteiger partial charge in [0.15, 0.2) is 5.82 Å². The smallest absolute Gasteiger partial charge is 0.407 e. The average molecular weight is 482 g/mol. The number of ether oxygens (including phenoxy) is 1. The fraction of sp³-hybridized carbons (Fsp3) is 0.440. The van der Waals surface area contributed by atoms with Gasteiger partial charge < -0.3 is 20.3 Å². The Hall–Kier alpha value is -3.20. The molecule has 4 rings (SSSR count). The van der Waals surface area contributed by atoms with E-state index >= 15 is 0 Å². The standard InChI is InChI=1S/C25H31N5O3S/c1-25(2,3)33-24(32)27-12-11-26-23(31)17-7-6-13-30(15-17)22-19-8-4-5-9-20(19)28-21(29-22)18-10-14-34-16-18/h4-5,8-10,14,16-17H,6-7,11-13,15H2,1-3H3,(H,26,31)(H,27,32). The zero-order chi connectivity index (χ0) is 24.1. The Labute approximate surface area is 203 Å². The minimum absolute atomic E-state index is 0.00731. The average Bonchev–Trinajstić information content (AvgIpc) is 3.35. The number of piperidine rings is 1. The van der Waals surface area contributed by atoms with Crippen molar-refractivity contribution in [2.75, 3.05) is 31.1 Å². The molecule has 1 atom stereocenters. The van der Waals surface area contributed by atoms with Gasteiger partial charge in [0.1, 0.15) is 11.4 Å². The van der Waals surface area contributed by atoms with Crippen LogP contribution in [0.15, 0.2) is 41.1 Å². The fourth-order valence-corrected chi connectivity index (χ4v) is 4.65. The van der Waals surface area contributed by atoms with Crippen molar-refractivity contribution in [2.24, 2.45) is 5.92 Å². The third-order valence-corrected chi connectivity index (χ3v) is 6.23. The van der Waals surface area contributed by atoms with E-state index in [2.05, 4.69) is 15.5 Å². The van der Waals surface area contributed by atoms with Gasteiger partial charge in [0.25, 0.3) is 0 Å². The van der Waals surface area contributed by atoms with Crippen molar-refractivity contribution < 1.29 is 14.3 Å². The predicted octanol–water partition coefficient (Wildman–Crippen LogP) is 4.22. The van der Waals surface area contributed by atoms with Crippen molar-refractivity contribution in [3.8, 4) is 11.4 Å². The number of fused-ring (bicyclic) bond motifs is 1. The first-order valence-corrected chi connectivity index (χ1v) is 12.5. The molecule has 0 aliphatic carbocycles. The Morgan fingerprint density at radius 1 is 1.15 bits per heavy atom. The number of anilines is 1. The molecule has 1 saturated heterocycles. The molecule has 2 aromatic heterocycles. The topological polar surface area (TPSA) is 96.5 Å². The minimum atomic E-state index is -0.548. The van der Waals surface area contributed by atoms with Crippen molar-refractivity contribution in [1.82, 2.24) is 20.6 Å². The minimum Gasteiger partial charge on any atom is -0.444 e. The van der Waals surface area contributed by atoms with E-state index in [-0.39, 0.29) is 11.8 Å². The zero-order valence-corrected chi connectivity index (χ0v) is 20.7. The van der Waals surface area contributed by atoms with Crippen LogP contribution in [0.5, 0.6) is 0 Å². The molecule has 0 radical (unpaired) electrons. The highest BCUT2D eigenvalue weighted by Gasteiger charge is 2.28. The number of aromatic nitrogens is 2. The van der Waals surface area contributed by atoms with Gasteiger partial charge in [-0.3, -0.25) is 4.79 Å². The molecule has 1 aromatic carbocycles. The Balaban J connectivity index is 1.41. The maximum atomic E-state index is 12.9. The Bertz CT molecular complexity index is 1140. The van der Waals surface area contributed by atoms with Gasteiger partial charge in [-0.15, -0.1) is 0 Å². The predicted molar refractivity (Wildman–Crippen MR) is 135 cm³/mol. The number of nitrogens with zero attached hydrogens (tertiary/aromatic N) is 3. The van der Waals surface area contributed by atoms with Crippen LogP contribution in [-0.2, 0) is 9.53 Å². The van der Waals surface area contributed by atoms with Crippen molar-refractivity contribution in [3.05, 3.63) is 41.1 Å². The number of alkyl carbamates (subject to hydrolysis) is 1. The van der Waals surface area contributed by atoms with E-state index in [1.54, 1.807) is 11.3 Å². The van der Waals surface area contributed by atoms with Crippen LogP contribution < -0.4 is 15.5 Å². The summed E-state index contributed by atoms with van der Waals surface area (Å²) < 4.78 is 5.21. The van der Waals surface area contributed by atoms with Crippen LogP contribution in [0.2, 0.25) is 0 Å². The molecule has 1 aliphatic rings. The first kappa shape index (κ1) is 23.9. The van der Waals surface area contributed by atoms with Crippen LogP contribution in [0, 0.1) is 5.92 Å². The van der Waals surface area contributed by atoms with Gasteiger partial charge in [-0.25, -0.2) is 14.8 Å². The lowest BCUT2D eigenvalue weighted by Gasteiger charge is -2.33. The zero-order valence-electron chi connectivity index (χ0n) is 19.8. The third kappa shape index (κ3) is 6.02. The molecule has 0 bridgehead atoms. The summed E-state index contributed by atoms with van der Waals surface area (Å²) in [5, 5.41) is 10.7. The molecule has 1 fully saturated rings. The quantitative estimate of drug-likeness (QED) is 0.512. The highest BCUT2D eigenvalue weighted by molar-refractivity contribution is 7.08. The molecule has 8 nitrogen and oxygen atoms in total. The van der Waals surface area contributed by atoms with E-state index in [4.69, 9.17) is 14.7 Å². The summed E-state index contributed by atoms with van der Waals surface area (Å²) in [6.07, 6.45) is 1.24. The Kier molecular flexibility index (Phi) is 7.31. The molecule has 1 aliphatic heterocycles. The molecule has 3 heterocycles. The first-order valence-electron chi connectivity index (χ1n) is 11.6. The number of amides is 2. The SMILES string of the molecule is CC(C)(C)OC(=O)NCCNC(=O)C1CCCN(c2nc(-c3ccsc3)nc3ccccc23)C1. The summed E-state index contributed by atoms with van der Waals surface area (Å²) in [7, 11) is 0. The number of carbonyl (C=O) groups is 2. The fourth-order valence-electron chi connectivity index (χ4n) is 4.01. The number of rotatable bonds is 6. The second-order valence-corrected chi connectivity index (χ2v) is 10.2. The number of carbonyl (C=O) groups excluding carboxylic acids is 2. The number of hydrogen-bond donors (Lipinski definition) is 2. The summed E-state index contributed by atoms with van der Waals surface area (Å²) in [5.41, 5.74) is 1.35. The van der Waals surface area contributed by atoms with E-state index in [9.17, 15) is 9.59 Å². The number of nitrogens with one attached hydrogen (secondary N) is 2. The van der Waals surface area contributed by atoms with Crippen LogP contribution in [-0.4, -0.2) is 53.7 Å². The van der Waals surface area contributed by atoms with Gasteiger partial charge in [0, 0.05) is 42.5 Å². The maximum Gasteiger partial charge on any atom is 0.407 e. The van der Waals surface area contributed by atoms with Crippen LogP contribution in [0.25, 0.3) is 22.3 Å². The Morgan fingerprint density at radius 3 is 2.71 bits per heavy atom. The summed E-state index contributed by atoms with van der Waals surface area (Å²) in [6, 6.07) is 10.0. The summed E-state index contributed by atoms with van der Waals surface area (Å²) in [4.78, 5) is 36.5. The van der Waals surface area contributed by atoms with Crippen LogP contribution >= 0.6 is 11.3 Å². The van der Waals surface area contributed by atoms with Gasteiger partial charge in [-0.2, -0.15) is 11.3 Å². The molecular formula is C25H31N5O3S. The monoisotopic (exact) mass is 481 g/mol. The highest BCUT2D eigenvalue weighted by Crippen LogP contribution is 2.31. The molecule has 180 valence electrons. The molecule has 34 heavy (non-hydrogen) atoms. The van der Waals surface area contributed by atoms with Crippen molar-refractivity contribution >= 4 is 40.1 Å². The van der Waals surface area contributed by atoms with Crippen LogP contribution in [0.1, 0.15) is 33.6 Å². The van der Waals surface area contributed by atoms with Crippen LogP contribution in [0.3, 0.4) is 0 Å². The van der Waals surface area contributed by atoms with E-state index in [0.717, 1.165) is 41.7 Å². The summed E-state index contributed by atoms with van der Waals surface area (Å²) in [5.74, 6) is 1.42. The lowest BCUT2D eigenvalue weighted by molar-refractivity contribution is -0.125. The number of thiophene rings is 1. The summed E-state index contributed by atoms with van der Waals surface area (Å²) >= 11 is 1.62. The second kappa shape index (κ2) is 10.4. The number of benzene rings is 1. The van der Waals surface area contributed by atoms with Crippen molar-refractivity contribution in [1.29, 1.82) is 0 Å². The van der Waals surface area contributed by atoms with Gasteiger partial charge in [-0.1, -0.05) is 12.1 Å². The largest absolute Gasteiger partial charge is 0.444 e. The number of para-hydroxylation sites is 1. The Morgan fingerprint density at radius 2 is 1.94 bits per heavy atom. The highest BCUT2D eigenvalue weighted by atomic mass is 32.1. The molecular weight excluding hydrogens is 450 g/mol. The van der Waals surface area contributed by atoms with Crippen LogP contribution in [0.4, 0.5) is 10.6 Å². The van der Waals surface area contributed by atoms with E-state index in [0.29, 0.717) is 25.5 Å². The van der Waals surface area contributed by atoms with E-state index < -0.39 is 11.7 Å². The molecule has 1 unspecified atom stereocenters. The molecule has 3 aromatic rings. The molecule has 0 spiro atoms. The van der Waals surface area contributed by atoms with E-state index in [1.165, 1.54) is 0 Å². The second-order valence-electron chi connectivity index (χ2n) is 9.40. The molecule has 2 N–H and O–H groups in total. The number of hydrogen-bond acceptors (Lipinski definition) is 7. The van der Waals surface area contributed by atoms with Crippen molar-refractivity contribution in [3.63, 3.8) is 0 Å². The first-order chi connectivity index (χ1) is 16.3. The lowest BCUT2D eigenvalue weighted by Crippen LogP contribution is -2.45. The van der Waals surface area contributed by atoms with Gasteiger partial charge in [-0.05, 0) is 57.2 Å². The normalized spacial score (nSPS) is 16.3. The molecule has 0 saturated carbocycles. The maximum absolute atomic E-state index is 12.9. The third-order valence-electron chi connectivity index (χ3n) is 5.55. The summed E-state index contributed by atoms with van der Waals surface area (Å²) in [6.45, 7) is 7.54. The van der Waals surface area contributed by atoms with Crippen molar-refractivity contribution in [2.45, 2.75) is 39.2 Å². The van der Waals surface area contributed by atoms with Gasteiger partial charge in [0.05, 0.1) is 11.4 Å². The van der Waals surface area contributed by atoms with Gasteiger partial charge >= 0.3 is 6.09 Å². The lowest BCUT2D eigenvalue weighted by atomic mass is 9.96. The molecule has 9 heteroatoms. The van der Waals surface area contributed by atoms with Gasteiger partial charge in [0.2, 0.25) is 5.91 Å². The van der Waals surface area contributed by atoms with E-state index in [1.807, 2.05) is 61.9 Å².